The average molecular weight is 309 g/mol. The number of likely N-dealkylation sites (tertiary alicyclic amines) is 1. The molecule has 1 N–H and O–H groups in total. The number of carbonyl (C=O) groups is 1. The molecule has 0 saturated carbocycles. The zero-order valence-electron chi connectivity index (χ0n) is 11.3. The summed E-state index contributed by atoms with van der Waals surface area (Å²) in [5.41, 5.74) is 0.526. The molecule has 1 aliphatic heterocycles. The van der Waals surface area contributed by atoms with Gasteiger partial charge >= 0.3 is 0 Å². The Morgan fingerprint density at radius 1 is 1.55 bits per heavy atom. The lowest BCUT2D eigenvalue weighted by Crippen LogP contribution is -2.31. The van der Waals surface area contributed by atoms with Crippen LogP contribution in [0.4, 0.5) is 0 Å². The van der Waals surface area contributed by atoms with Crippen LogP contribution in [0.1, 0.15) is 41.0 Å². The summed E-state index contributed by atoms with van der Waals surface area (Å²) in [6, 6.07) is -0.0353. The van der Waals surface area contributed by atoms with E-state index in [1.165, 1.54) is 11.3 Å². The van der Waals surface area contributed by atoms with Crippen molar-refractivity contribution < 1.29 is 4.79 Å². The second-order valence-corrected chi connectivity index (χ2v) is 6.55. The van der Waals surface area contributed by atoms with Crippen molar-refractivity contribution in [1.29, 1.82) is 0 Å². The molecular weight excluding hydrogens is 294 g/mol. The summed E-state index contributed by atoms with van der Waals surface area (Å²) < 4.78 is 0.915. The van der Waals surface area contributed by atoms with Crippen LogP contribution in [0.25, 0.3) is 0 Å². The molecule has 0 unspecified atom stereocenters. The van der Waals surface area contributed by atoms with E-state index in [1.54, 1.807) is 11.8 Å². The predicted octanol–water partition coefficient (Wildman–Crippen LogP) is 2.27. The smallest absolute Gasteiger partial charge is 0.273 e. The molecule has 106 valence electrons. The SMILES string of the molecule is CSc1nc(C(=O)N2CCC[C@@H]2c2n[nH]c(C)n2)cs1. The Morgan fingerprint density at radius 3 is 3.05 bits per heavy atom. The van der Waals surface area contributed by atoms with Gasteiger partial charge in [0.2, 0.25) is 0 Å². The molecule has 6 nitrogen and oxygen atoms in total. The minimum atomic E-state index is -0.0353. The van der Waals surface area contributed by atoms with Crippen molar-refractivity contribution in [2.24, 2.45) is 0 Å². The number of amides is 1. The van der Waals surface area contributed by atoms with Crippen LogP contribution >= 0.6 is 23.1 Å². The van der Waals surface area contributed by atoms with Gasteiger partial charge in [-0.05, 0) is 26.0 Å². The number of thiazole rings is 1. The van der Waals surface area contributed by atoms with Gasteiger partial charge in [-0.15, -0.1) is 11.3 Å². The van der Waals surface area contributed by atoms with Crippen LogP contribution in [0.3, 0.4) is 0 Å². The number of thioether (sulfide) groups is 1. The Morgan fingerprint density at radius 2 is 2.40 bits per heavy atom. The summed E-state index contributed by atoms with van der Waals surface area (Å²) >= 11 is 3.06. The lowest BCUT2D eigenvalue weighted by Gasteiger charge is -2.21. The molecule has 0 spiro atoms. The van der Waals surface area contributed by atoms with E-state index >= 15 is 0 Å². The van der Waals surface area contributed by atoms with E-state index in [4.69, 9.17) is 0 Å². The van der Waals surface area contributed by atoms with Crippen LogP contribution in [0.5, 0.6) is 0 Å². The first-order valence-electron chi connectivity index (χ1n) is 6.38. The topological polar surface area (TPSA) is 74.8 Å². The second kappa shape index (κ2) is 5.53. The molecule has 0 bridgehead atoms. The van der Waals surface area contributed by atoms with Gasteiger partial charge < -0.3 is 4.90 Å². The maximum atomic E-state index is 12.6. The number of H-pyrrole nitrogens is 1. The number of aryl methyl sites for hydroxylation is 1. The van der Waals surface area contributed by atoms with Crippen molar-refractivity contribution >= 4 is 29.0 Å². The third-order valence-corrected chi connectivity index (χ3v) is 5.17. The van der Waals surface area contributed by atoms with E-state index in [-0.39, 0.29) is 11.9 Å². The van der Waals surface area contributed by atoms with Crippen LogP contribution in [-0.4, -0.2) is 43.8 Å². The molecule has 1 fully saturated rings. The van der Waals surface area contributed by atoms with Gasteiger partial charge in [-0.3, -0.25) is 9.89 Å². The Bertz CT molecular complexity index is 623. The summed E-state index contributed by atoms with van der Waals surface area (Å²) in [5, 5.41) is 8.86. The quantitative estimate of drug-likeness (QED) is 0.880. The normalized spacial score (nSPS) is 18.7. The summed E-state index contributed by atoms with van der Waals surface area (Å²) in [6.45, 7) is 2.60. The third kappa shape index (κ3) is 2.45. The van der Waals surface area contributed by atoms with Crippen molar-refractivity contribution in [2.75, 3.05) is 12.8 Å². The zero-order valence-corrected chi connectivity index (χ0v) is 12.9. The molecule has 3 heterocycles. The van der Waals surface area contributed by atoms with Crippen LogP contribution in [0.2, 0.25) is 0 Å². The summed E-state index contributed by atoms with van der Waals surface area (Å²) in [4.78, 5) is 23.1. The number of aromatic amines is 1. The predicted molar refractivity (Wildman–Crippen MR) is 78.0 cm³/mol. The van der Waals surface area contributed by atoms with Crippen LogP contribution in [0.15, 0.2) is 9.72 Å². The number of nitrogens with zero attached hydrogens (tertiary/aromatic N) is 4. The summed E-state index contributed by atoms with van der Waals surface area (Å²) in [7, 11) is 0. The maximum absolute atomic E-state index is 12.6. The highest BCUT2D eigenvalue weighted by molar-refractivity contribution is 8.00. The standard InChI is InChI=1S/C12H15N5OS2/c1-7-13-10(16-15-7)9-4-3-5-17(9)11(18)8-6-20-12(14-8)19-2/h6,9H,3-5H2,1-2H3,(H,13,15,16)/t9-/m1/s1. The number of carbonyl (C=O) groups excluding carboxylic acids is 1. The Hall–Kier alpha value is -1.41. The van der Waals surface area contributed by atoms with E-state index in [2.05, 4.69) is 20.2 Å². The second-order valence-electron chi connectivity index (χ2n) is 4.64. The highest BCUT2D eigenvalue weighted by atomic mass is 32.2. The van der Waals surface area contributed by atoms with Gasteiger partial charge in [0.15, 0.2) is 5.82 Å². The zero-order chi connectivity index (χ0) is 14.1. The third-order valence-electron chi connectivity index (χ3n) is 3.30. The van der Waals surface area contributed by atoms with Crippen molar-refractivity contribution in [3.63, 3.8) is 0 Å². The Labute approximate surface area is 125 Å². The Balaban J connectivity index is 1.83. The summed E-state index contributed by atoms with van der Waals surface area (Å²) in [6.07, 6.45) is 3.84. The van der Waals surface area contributed by atoms with Gasteiger partial charge in [0, 0.05) is 11.9 Å². The number of aromatic nitrogens is 4. The lowest BCUT2D eigenvalue weighted by atomic mass is 10.2. The fourth-order valence-electron chi connectivity index (χ4n) is 2.38. The lowest BCUT2D eigenvalue weighted by molar-refractivity contribution is 0.0724. The first-order chi connectivity index (χ1) is 9.69. The van der Waals surface area contributed by atoms with Gasteiger partial charge in [0.1, 0.15) is 15.9 Å². The van der Waals surface area contributed by atoms with E-state index in [0.29, 0.717) is 11.5 Å². The fourth-order valence-corrected chi connectivity index (χ4v) is 3.62. The first kappa shape index (κ1) is 13.6. The average Bonchev–Trinajstić information content (AvgIpc) is 3.17. The molecule has 20 heavy (non-hydrogen) atoms. The molecule has 2 aromatic heterocycles. The van der Waals surface area contributed by atoms with Gasteiger partial charge in [0.25, 0.3) is 5.91 Å². The number of hydrogen-bond acceptors (Lipinski definition) is 6. The van der Waals surface area contributed by atoms with Gasteiger partial charge in [0.05, 0.1) is 6.04 Å². The largest absolute Gasteiger partial charge is 0.327 e. The van der Waals surface area contributed by atoms with Crippen molar-refractivity contribution in [3.05, 3.63) is 22.7 Å². The van der Waals surface area contributed by atoms with Crippen molar-refractivity contribution in [2.45, 2.75) is 30.1 Å². The molecule has 1 atom stereocenters. The van der Waals surface area contributed by atoms with Gasteiger partial charge in [-0.2, -0.15) is 5.10 Å². The van der Waals surface area contributed by atoms with Crippen molar-refractivity contribution in [1.82, 2.24) is 25.1 Å². The molecule has 0 aromatic carbocycles. The molecule has 1 aliphatic rings. The fraction of sp³-hybridized carbons (Fsp3) is 0.500. The maximum Gasteiger partial charge on any atom is 0.273 e. The first-order valence-corrected chi connectivity index (χ1v) is 8.49. The van der Waals surface area contributed by atoms with Gasteiger partial charge in [-0.25, -0.2) is 9.97 Å². The minimum absolute atomic E-state index is 0.0218. The van der Waals surface area contributed by atoms with Crippen LogP contribution in [-0.2, 0) is 0 Å². The van der Waals surface area contributed by atoms with E-state index in [0.717, 1.165) is 29.6 Å². The molecule has 2 aromatic rings. The van der Waals surface area contributed by atoms with Crippen LogP contribution < -0.4 is 0 Å². The molecular formula is C12H15N5OS2. The molecule has 0 radical (unpaired) electrons. The van der Waals surface area contributed by atoms with E-state index < -0.39 is 0 Å². The summed E-state index contributed by atoms with van der Waals surface area (Å²) in [5.74, 6) is 1.46. The Kier molecular flexibility index (Phi) is 3.75. The monoisotopic (exact) mass is 309 g/mol. The van der Waals surface area contributed by atoms with E-state index in [1.807, 2.05) is 23.5 Å². The van der Waals surface area contributed by atoms with Crippen molar-refractivity contribution in [3.8, 4) is 0 Å². The molecule has 0 aliphatic carbocycles. The highest BCUT2D eigenvalue weighted by Gasteiger charge is 2.34. The van der Waals surface area contributed by atoms with Gasteiger partial charge in [-0.1, -0.05) is 11.8 Å². The van der Waals surface area contributed by atoms with E-state index in [9.17, 15) is 4.79 Å². The minimum Gasteiger partial charge on any atom is -0.327 e. The molecule has 3 rings (SSSR count). The van der Waals surface area contributed by atoms with Crippen LogP contribution in [0, 0.1) is 6.92 Å². The molecule has 1 amide bonds. The highest BCUT2D eigenvalue weighted by Crippen LogP contribution is 2.31. The number of hydrogen-bond donors (Lipinski definition) is 1. The molecule has 8 heteroatoms. The number of nitrogens with one attached hydrogen (secondary N) is 1. The molecule has 1 saturated heterocycles. The number of rotatable bonds is 3.